The van der Waals surface area contributed by atoms with Crippen molar-refractivity contribution in [2.24, 2.45) is 0 Å². The monoisotopic (exact) mass is 311 g/mol. The summed E-state index contributed by atoms with van der Waals surface area (Å²) in [5.74, 6) is 0.963. The van der Waals surface area contributed by atoms with Gasteiger partial charge in [-0.05, 0) is 56.1 Å². The molecule has 2 heteroatoms. The van der Waals surface area contributed by atoms with Crippen molar-refractivity contribution >= 4 is 0 Å². The van der Waals surface area contributed by atoms with E-state index in [1.807, 2.05) is 13.8 Å². The fraction of sp³-hybridized carbons (Fsp3) is 0.429. The molecule has 0 aliphatic carbocycles. The van der Waals surface area contributed by atoms with E-state index in [0.717, 1.165) is 18.9 Å². The summed E-state index contributed by atoms with van der Waals surface area (Å²) in [5, 5.41) is 0. The highest BCUT2D eigenvalue weighted by Gasteiger charge is 2.10. The zero-order valence-corrected chi connectivity index (χ0v) is 14.7. The van der Waals surface area contributed by atoms with Crippen LogP contribution in [-0.2, 0) is 0 Å². The van der Waals surface area contributed by atoms with Crippen LogP contribution >= 0.6 is 0 Å². The fourth-order valence-electron chi connectivity index (χ4n) is 2.79. The van der Waals surface area contributed by atoms with Crippen molar-refractivity contribution in [1.29, 1.82) is 0 Å². The smallest absolute Gasteiger partial charge is 0.119 e. The van der Waals surface area contributed by atoms with Gasteiger partial charge in [-0.1, -0.05) is 55.8 Å². The van der Waals surface area contributed by atoms with E-state index in [2.05, 4.69) is 60.4 Å². The van der Waals surface area contributed by atoms with E-state index in [4.69, 9.17) is 4.74 Å². The van der Waals surface area contributed by atoms with Crippen LogP contribution in [0, 0.1) is 6.92 Å². The standard InChI is InChI=1S/C19H23NO.C2H6/c1-16-4-6-17(7-5-16)18-8-10-19(11-9-18)21-15-14-20-12-2-3-13-20;1-2/h4-11H,2-3,12-15H2,1H3;1-2H3. The second-order valence-corrected chi connectivity index (χ2v) is 5.79. The van der Waals surface area contributed by atoms with Gasteiger partial charge in [0, 0.05) is 6.54 Å². The molecule has 1 heterocycles. The second-order valence-electron chi connectivity index (χ2n) is 5.79. The Labute approximate surface area is 141 Å². The lowest BCUT2D eigenvalue weighted by atomic mass is 10.0. The van der Waals surface area contributed by atoms with E-state index in [1.165, 1.54) is 42.6 Å². The molecule has 23 heavy (non-hydrogen) atoms. The Morgan fingerprint density at radius 3 is 1.91 bits per heavy atom. The lowest BCUT2D eigenvalue weighted by Gasteiger charge is -2.15. The number of hydrogen-bond acceptors (Lipinski definition) is 2. The number of aryl methyl sites for hydroxylation is 1. The van der Waals surface area contributed by atoms with Gasteiger partial charge >= 0.3 is 0 Å². The lowest BCUT2D eigenvalue weighted by molar-refractivity contribution is 0.238. The first kappa shape index (κ1) is 17.6. The number of hydrogen-bond donors (Lipinski definition) is 0. The zero-order valence-electron chi connectivity index (χ0n) is 14.7. The summed E-state index contributed by atoms with van der Waals surface area (Å²) in [7, 11) is 0. The van der Waals surface area contributed by atoms with Gasteiger partial charge in [-0.15, -0.1) is 0 Å². The van der Waals surface area contributed by atoms with E-state index >= 15 is 0 Å². The maximum Gasteiger partial charge on any atom is 0.119 e. The van der Waals surface area contributed by atoms with Gasteiger partial charge in [-0.2, -0.15) is 0 Å². The second kappa shape index (κ2) is 9.36. The molecule has 0 amide bonds. The van der Waals surface area contributed by atoms with E-state index in [9.17, 15) is 0 Å². The number of rotatable bonds is 5. The average Bonchev–Trinajstić information content (AvgIpc) is 3.12. The van der Waals surface area contributed by atoms with E-state index < -0.39 is 0 Å². The van der Waals surface area contributed by atoms with Crippen LogP contribution in [0.4, 0.5) is 0 Å². The van der Waals surface area contributed by atoms with E-state index in [1.54, 1.807) is 0 Å². The first-order valence-corrected chi connectivity index (χ1v) is 8.83. The molecular weight excluding hydrogens is 282 g/mol. The summed E-state index contributed by atoms with van der Waals surface area (Å²) in [6.07, 6.45) is 2.68. The van der Waals surface area contributed by atoms with Crippen molar-refractivity contribution in [2.75, 3.05) is 26.2 Å². The van der Waals surface area contributed by atoms with Crippen LogP contribution in [0.3, 0.4) is 0 Å². The molecule has 0 saturated carbocycles. The van der Waals surface area contributed by atoms with Crippen molar-refractivity contribution in [2.45, 2.75) is 33.6 Å². The summed E-state index contributed by atoms with van der Waals surface area (Å²) in [5.41, 5.74) is 3.78. The Kier molecular flexibility index (Phi) is 7.15. The fourth-order valence-corrected chi connectivity index (χ4v) is 2.79. The number of nitrogens with zero attached hydrogens (tertiary/aromatic N) is 1. The van der Waals surface area contributed by atoms with Crippen LogP contribution in [-0.4, -0.2) is 31.1 Å². The third-order valence-corrected chi connectivity index (χ3v) is 4.11. The Morgan fingerprint density at radius 1 is 0.826 bits per heavy atom. The highest BCUT2D eigenvalue weighted by molar-refractivity contribution is 5.64. The van der Waals surface area contributed by atoms with Crippen molar-refractivity contribution < 1.29 is 4.74 Å². The van der Waals surface area contributed by atoms with Crippen LogP contribution in [0.1, 0.15) is 32.3 Å². The number of ether oxygens (including phenoxy) is 1. The molecule has 1 fully saturated rings. The maximum atomic E-state index is 5.84. The first-order chi connectivity index (χ1) is 11.3. The summed E-state index contributed by atoms with van der Waals surface area (Å²) < 4.78 is 5.84. The Morgan fingerprint density at radius 2 is 1.35 bits per heavy atom. The van der Waals surface area contributed by atoms with Gasteiger partial charge in [0.25, 0.3) is 0 Å². The van der Waals surface area contributed by atoms with Gasteiger partial charge in [0.1, 0.15) is 12.4 Å². The molecule has 0 bridgehead atoms. The Balaban J connectivity index is 0.000000924. The molecule has 0 spiro atoms. The van der Waals surface area contributed by atoms with E-state index in [-0.39, 0.29) is 0 Å². The molecule has 0 radical (unpaired) electrons. The summed E-state index contributed by atoms with van der Waals surface area (Å²) >= 11 is 0. The summed E-state index contributed by atoms with van der Waals surface area (Å²) in [6, 6.07) is 17.0. The molecule has 124 valence electrons. The summed E-state index contributed by atoms with van der Waals surface area (Å²) in [6.45, 7) is 10.4. The molecule has 0 aromatic heterocycles. The van der Waals surface area contributed by atoms with Crippen LogP contribution in [0.5, 0.6) is 5.75 Å². The van der Waals surface area contributed by atoms with Crippen LogP contribution in [0.2, 0.25) is 0 Å². The average molecular weight is 311 g/mol. The van der Waals surface area contributed by atoms with Gasteiger partial charge in [0.05, 0.1) is 0 Å². The van der Waals surface area contributed by atoms with Gasteiger partial charge in [0.15, 0.2) is 0 Å². The highest BCUT2D eigenvalue weighted by Crippen LogP contribution is 2.22. The van der Waals surface area contributed by atoms with Gasteiger partial charge in [-0.3, -0.25) is 4.90 Å². The minimum atomic E-state index is 0.782. The highest BCUT2D eigenvalue weighted by atomic mass is 16.5. The lowest BCUT2D eigenvalue weighted by Crippen LogP contribution is -2.25. The van der Waals surface area contributed by atoms with Crippen LogP contribution in [0.25, 0.3) is 11.1 Å². The minimum absolute atomic E-state index is 0.782. The first-order valence-electron chi connectivity index (χ1n) is 8.83. The Bertz CT molecular complexity index is 553. The number of benzene rings is 2. The molecule has 0 atom stereocenters. The third-order valence-electron chi connectivity index (χ3n) is 4.11. The molecule has 1 aliphatic heterocycles. The predicted molar refractivity (Wildman–Crippen MR) is 99.1 cm³/mol. The minimum Gasteiger partial charge on any atom is -0.492 e. The third kappa shape index (κ3) is 5.40. The SMILES string of the molecule is CC.Cc1ccc(-c2ccc(OCCN3CCCC3)cc2)cc1. The molecule has 0 unspecified atom stereocenters. The molecular formula is C21H29NO. The largest absolute Gasteiger partial charge is 0.492 e. The predicted octanol–water partition coefficient (Wildman–Crippen LogP) is 5.16. The van der Waals surface area contributed by atoms with Crippen LogP contribution in [0.15, 0.2) is 48.5 Å². The van der Waals surface area contributed by atoms with Crippen molar-refractivity contribution in [3.63, 3.8) is 0 Å². The molecule has 2 aromatic carbocycles. The normalized spacial score (nSPS) is 14.2. The summed E-state index contributed by atoms with van der Waals surface area (Å²) in [4.78, 5) is 2.47. The molecule has 1 aliphatic rings. The molecule has 2 aromatic rings. The van der Waals surface area contributed by atoms with Crippen molar-refractivity contribution in [1.82, 2.24) is 4.90 Å². The molecule has 0 N–H and O–H groups in total. The van der Waals surface area contributed by atoms with Gasteiger partial charge < -0.3 is 4.74 Å². The van der Waals surface area contributed by atoms with E-state index in [0.29, 0.717) is 0 Å². The van der Waals surface area contributed by atoms with Crippen molar-refractivity contribution in [3.05, 3.63) is 54.1 Å². The quantitative estimate of drug-likeness (QED) is 0.756. The van der Waals surface area contributed by atoms with Gasteiger partial charge in [-0.25, -0.2) is 0 Å². The number of likely N-dealkylation sites (tertiary alicyclic amines) is 1. The molecule has 2 nitrogen and oxygen atoms in total. The van der Waals surface area contributed by atoms with Crippen molar-refractivity contribution in [3.8, 4) is 16.9 Å². The molecule has 1 saturated heterocycles. The maximum absolute atomic E-state index is 5.84. The topological polar surface area (TPSA) is 12.5 Å². The Hall–Kier alpha value is -1.80. The zero-order chi connectivity index (χ0) is 16.5. The van der Waals surface area contributed by atoms with Gasteiger partial charge in [0.2, 0.25) is 0 Å². The van der Waals surface area contributed by atoms with Crippen LogP contribution < -0.4 is 4.74 Å². The molecule has 3 rings (SSSR count).